The van der Waals surface area contributed by atoms with Gasteiger partial charge in [0.15, 0.2) is 0 Å². The lowest BCUT2D eigenvalue weighted by molar-refractivity contribution is -0.151. The van der Waals surface area contributed by atoms with Gasteiger partial charge in [-0.2, -0.15) is 0 Å². The van der Waals surface area contributed by atoms with E-state index in [-0.39, 0.29) is 11.8 Å². The van der Waals surface area contributed by atoms with Gasteiger partial charge in [0, 0.05) is 38.6 Å². The van der Waals surface area contributed by atoms with E-state index < -0.39 is 5.60 Å². The summed E-state index contributed by atoms with van der Waals surface area (Å²) in [6.45, 7) is 7.00. The maximum Gasteiger partial charge on any atom is 0.222 e. The molecule has 0 aromatic heterocycles. The number of hydrogen-bond acceptors (Lipinski definition) is 3. The summed E-state index contributed by atoms with van der Waals surface area (Å²) in [7, 11) is 0. The van der Waals surface area contributed by atoms with E-state index in [0.717, 1.165) is 32.5 Å². The van der Waals surface area contributed by atoms with Gasteiger partial charge in [0.1, 0.15) is 0 Å². The molecule has 3 rings (SSSR count). The average molecular weight is 345 g/mol. The van der Waals surface area contributed by atoms with Crippen molar-refractivity contribution in [2.24, 2.45) is 11.8 Å². The van der Waals surface area contributed by atoms with Gasteiger partial charge >= 0.3 is 0 Å². The number of aryl methyl sites for hydroxylation is 2. The molecule has 2 atom stereocenters. The lowest BCUT2D eigenvalue weighted by atomic mass is 9.70. The Bertz CT molecular complexity index is 579. The fourth-order valence-corrected chi connectivity index (χ4v) is 4.34. The van der Waals surface area contributed by atoms with Crippen LogP contribution in [-0.4, -0.2) is 47.8 Å². The van der Waals surface area contributed by atoms with Crippen LogP contribution < -0.4 is 0 Å². The first-order chi connectivity index (χ1) is 12.0. The van der Waals surface area contributed by atoms with Gasteiger partial charge in [-0.05, 0) is 44.1 Å². The number of likely N-dealkylation sites (tertiary alicyclic amines) is 1. The SMILES string of the molecule is Cc1ccc(CCC(=O)N2CC[C@@](O)(C3CCOCC3)[C@H](C)C2)cc1. The topological polar surface area (TPSA) is 49.8 Å². The number of nitrogens with zero attached hydrogens (tertiary/aromatic N) is 1. The largest absolute Gasteiger partial charge is 0.389 e. The summed E-state index contributed by atoms with van der Waals surface area (Å²) in [4.78, 5) is 14.5. The number of aliphatic hydroxyl groups is 1. The summed E-state index contributed by atoms with van der Waals surface area (Å²) in [5, 5.41) is 11.2. The van der Waals surface area contributed by atoms with Gasteiger partial charge in [0.25, 0.3) is 0 Å². The van der Waals surface area contributed by atoms with E-state index in [1.165, 1.54) is 11.1 Å². The normalized spacial score (nSPS) is 28.1. The lowest BCUT2D eigenvalue weighted by Gasteiger charge is -2.48. The van der Waals surface area contributed by atoms with Crippen LogP contribution in [0.1, 0.15) is 43.7 Å². The molecule has 25 heavy (non-hydrogen) atoms. The first-order valence-corrected chi connectivity index (χ1v) is 9.62. The zero-order valence-corrected chi connectivity index (χ0v) is 15.5. The Morgan fingerprint density at radius 3 is 2.60 bits per heavy atom. The number of piperidine rings is 1. The second-order valence-corrected chi connectivity index (χ2v) is 7.85. The zero-order chi connectivity index (χ0) is 17.9. The minimum Gasteiger partial charge on any atom is -0.389 e. The van der Waals surface area contributed by atoms with E-state index in [2.05, 4.69) is 38.1 Å². The number of carbonyl (C=O) groups is 1. The summed E-state index contributed by atoms with van der Waals surface area (Å²) in [6.07, 6.45) is 3.89. The third-order valence-electron chi connectivity index (χ3n) is 6.16. The fourth-order valence-electron chi connectivity index (χ4n) is 4.34. The third kappa shape index (κ3) is 4.24. The van der Waals surface area contributed by atoms with Crippen molar-refractivity contribution in [1.29, 1.82) is 0 Å². The van der Waals surface area contributed by atoms with Crippen LogP contribution in [0.5, 0.6) is 0 Å². The Kier molecular flexibility index (Phi) is 5.80. The second kappa shape index (κ2) is 7.88. The molecule has 0 unspecified atom stereocenters. The molecule has 1 aromatic rings. The molecule has 138 valence electrons. The first kappa shape index (κ1) is 18.4. The van der Waals surface area contributed by atoms with Crippen LogP contribution in [-0.2, 0) is 16.0 Å². The van der Waals surface area contributed by atoms with Crippen LogP contribution in [0.25, 0.3) is 0 Å². The Balaban J connectivity index is 1.53. The van der Waals surface area contributed by atoms with Gasteiger partial charge in [-0.3, -0.25) is 4.79 Å². The van der Waals surface area contributed by atoms with Gasteiger partial charge in [-0.1, -0.05) is 36.8 Å². The quantitative estimate of drug-likeness (QED) is 0.913. The standard InChI is InChI=1S/C21H31NO3/c1-16-3-5-18(6-4-16)7-8-20(23)22-12-11-21(24,17(2)15-22)19-9-13-25-14-10-19/h3-6,17,19,24H,7-15H2,1-2H3/t17-,21+/m1/s1. The number of ether oxygens (including phenoxy) is 1. The van der Waals surface area contributed by atoms with Crippen molar-refractivity contribution >= 4 is 5.91 Å². The van der Waals surface area contributed by atoms with Crippen LogP contribution in [0.4, 0.5) is 0 Å². The molecule has 0 radical (unpaired) electrons. The molecule has 2 heterocycles. The summed E-state index contributed by atoms with van der Waals surface area (Å²) in [5.74, 6) is 0.634. The van der Waals surface area contributed by atoms with Crippen LogP contribution in [0.3, 0.4) is 0 Å². The monoisotopic (exact) mass is 345 g/mol. The molecule has 4 nitrogen and oxygen atoms in total. The van der Waals surface area contributed by atoms with E-state index in [4.69, 9.17) is 4.74 Å². The van der Waals surface area contributed by atoms with Crippen molar-refractivity contribution < 1.29 is 14.6 Å². The van der Waals surface area contributed by atoms with Crippen LogP contribution in [0.2, 0.25) is 0 Å². The molecule has 2 saturated heterocycles. The summed E-state index contributed by atoms with van der Waals surface area (Å²) < 4.78 is 5.44. The Labute approximate surface area is 151 Å². The first-order valence-electron chi connectivity index (χ1n) is 9.62. The molecule has 1 amide bonds. The Morgan fingerprint density at radius 1 is 1.28 bits per heavy atom. The highest BCUT2D eigenvalue weighted by Gasteiger charge is 2.45. The maximum atomic E-state index is 12.6. The number of amides is 1. The smallest absolute Gasteiger partial charge is 0.222 e. The van der Waals surface area contributed by atoms with Gasteiger partial charge in [0.05, 0.1) is 5.60 Å². The molecule has 1 N–H and O–H groups in total. The molecule has 0 bridgehead atoms. The average Bonchev–Trinajstić information content (AvgIpc) is 2.64. The fraction of sp³-hybridized carbons (Fsp3) is 0.667. The third-order valence-corrected chi connectivity index (χ3v) is 6.16. The molecule has 4 heteroatoms. The van der Waals surface area contributed by atoms with E-state index in [0.29, 0.717) is 31.8 Å². The molecule has 2 aliphatic heterocycles. The Morgan fingerprint density at radius 2 is 1.96 bits per heavy atom. The summed E-state index contributed by atoms with van der Waals surface area (Å²) in [5.41, 5.74) is 1.81. The second-order valence-electron chi connectivity index (χ2n) is 7.85. The molecule has 1 aromatic carbocycles. The number of rotatable bonds is 4. The van der Waals surface area contributed by atoms with Gasteiger partial charge in [-0.25, -0.2) is 0 Å². The molecule has 0 saturated carbocycles. The predicted molar refractivity (Wildman–Crippen MR) is 98.4 cm³/mol. The molecule has 0 spiro atoms. The van der Waals surface area contributed by atoms with Crippen LogP contribution >= 0.6 is 0 Å². The lowest BCUT2D eigenvalue weighted by Crippen LogP contribution is -2.56. The van der Waals surface area contributed by atoms with Crippen molar-refractivity contribution in [2.45, 2.75) is 51.6 Å². The number of hydrogen-bond donors (Lipinski definition) is 1. The molecule has 2 fully saturated rings. The van der Waals surface area contributed by atoms with Gasteiger partial charge < -0.3 is 14.7 Å². The van der Waals surface area contributed by atoms with E-state index in [1.807, 2.05) is 4.90 Å². The highest BCUT2D eigenvalue weighted by molar-refractivity contribution is 5.76. The van der Waals surface area contributed by atoms with Crippen molar-refractivity contribution in [2.75, 3.05) is 26.3 Å². The molecular formula is C21H31NO3. The minimum atomic E-state index is -0.641. The highest BCUT2D eigenvalue weighted by atomic mass is 16.5. The summed E-state index contributed by atoms with van der Waals surface area (Å²) in [6, 6.07) is 8.39. The zero-order valence-electron chi connectivity index (χ0n) is 15.5. The number of carbonyl (C=O) groups excluding carboxylic acids is 1. The van der Waals surface area contributed by atoms with Crippen LogP contribution in [0.15, 0.2) is 24.3 Å². The number of benzene rings is 1. The van der Waals surface area contributed by atoms with Gasteiger partial charge in [-0.15, -0.1) is 0 Å². The molecule has 0 aliphatic carbocycles. The van der Waals surface area contributed by atoms with Crippen molar-refractivity contribution in [3.05, 3.63) is 35.4 Å². The van der Waals surface area contributed by atoms with E-state index in [1.54, 1.807) is 0 Å². The minimum absolute atomic E-state index is 0.118. The van der Waals surface area contributed by atoms with Crippen molar-refractivity contribution in [3.8, 4) is 0 Å². The van der Waals surface area contributed by atoms with Crippen molar-refractivity contribution in [3.63, 3.8) is 0 Å². The highest BCUT2D eigenvalue weighted by Crippen LogP contribution is 2.39. The maximum absolute atomic E-state index is 12.6. The van der Waals surface area contributed by atoms with E-state index >= 15 is 0 Å². The van der Waals surface area contributed by atoms with Crippen molar-refractivity contribution in [1.82, 2.24) is 4.90 Å². The van der Waals surface area contributed by atoms with Crippen LogP contribution in [0, 0.1) is 18.8 Å². The van der Waals surface area contributed by atoms with Gasteiger partial charge in [0.2, 0.25) is 5.91 Å². The Hall–Kier alpha value is -1.39. The molecule has 2 aliphatic rings. The summed E-state index contributed by atoms with van der Waals surface area (Å²) >= 11 is 0. The predicted octanol–water partition coefficient (Wildman–Crippen LogP) is 2.95. The van der Waals surface area contributed by atoms with E-state index in [9.17, 15) is 9.90 Å². The molecular weight excluding hydrogens is 314 g/mol.